The number of ether oxygens (including phenoxy) is 1. The molecule has 0 spiro atoms. The first kappa shape index (κ1) is 20.5. The minimum absolute atomic E-state index is 0.182. The quantitative estimate of drug-likeness (QED) is 0.445. The predicted octanol–water partition coefficient (Wildman–Crippen LogP) is 1.99. The van der Waals surface area contributed by atoms with Crippen molar-refractivity contribution in [2.24, 2.45) is 7.05 Å². The molecule has 2 aromatic heterocycles. The number of carbonyl (C=O) groups excluding carboxylic acids is 2. The topological polar surface area (TPSA) is 146 Å². The minimum Gasteiger partial charge on any atom is -0.475 e. The molecule has 1 unspecified atom stereocenters. The Bertz CT molecular complexity index is 1100. The number of aryl methyl sites for hydroxylation is 1. The van der Waals surface area contributed by atoms with Gasteiger partial charge in [0.05, 0.1) is 12.0 Å². The summed E-state index contributed by atoms with van der Waals surface area (Å²) in [4.78, 5) is 35.2. The van der Waals surface area contributed by atoms with E-state index in [1.807, 2.05) is 0 Å². The Morgan fingerprint density at radius 1 is 1.20 bits per heavy atom. The molecule has 2 N–H and O–H groups in total. The number of benzene rings is 1. The summed E-state index contributed by atoms with van der Waals surface area (Å²) >= 11 is 0. The second-order valence-electron chi connectivity index (χ2n) is 6.34. The van der Waals surface area contributed by atoms with E-state index in [1.54, 1.807) is 43.6 Å². The summed E-state index contributed by atoms with van der Waals surface area (Å²) in [6.45, 7) is 1.54. The predicted molar refractivity (Wildman–Crippen MR) is 106 cm³/mol. The van der Waals surface area contributed by atoms with Crippen molar-refractivity contribution >= 4 is 28.9 Å². The van der Waals surface area contributed by atoms with Crippen LogP contribution >= 0.6 is 0 Å². The molecule has 0 aliphatic heterocycles. The highest BCUT2D eigenvalue weighted by Gasteiger charge is 2.25. The fraction of sp³-hybridized carbons (Fsp3) is 0.222. The molecule has 30 heavy (non-hydrogen) atoms. The molecule has 12 heteroatoms. The van der Waals surface area contributed by atoms with Gasteiger partial charge in [-0.05, 0) is 31.2 Å². The molecule has 1 atom stereocenters. The molecule has 0 saturated heterocycles. The Morgan fingerprint density at radius 3 is 2.47 bits per heavy atom. The van der Waals surface area contributed by atoms with Crippen LogP contribution in [0.15, 0.2) is 42.7 Å². The van der Waals surface area contributed by atoms with Crippen LogP contribution < -0.4 is 15.4 Å². The Balaban J connectivity index is 1.70. The average molecular weight is 413 g/mol. The molecule has 0 fully saturated rings. The zero-order valence-corrected chi connectivity index (χ0v) is 16.4. The van der Waals surface area contributed by atoms with Crippen LogP contribution in [0, 0.1) is 10.1 Å². The number of nitrogens with one attached hydrogen (secondary N) is 2. The molecule has 12 nitrogen and oxygen atoms in total. The van der Waals surface area contributed by atoms with Gasteiger partial charge in [-0.15, -0.1) is 5.10 Å². The van der Waals surface area contributed by atoms with Gasteiger partial charge in [0.15, 0.2) is 5.69 Å². The Labute approximate surface area is 170 Å². The SMILES string of the molecule is COc1nn(C(C)C(=O)Nc2cccc(NC(=O)c3ccn(C)n3)c2)cc1[N+](=O)[O-]. The van der Waals surface area contributed by atoms with Crippen molar-refractivity contribution in [1.29, 1.82) is 0 Å². The number of anilines is 2. The van der Waals surface area contributed by atoms with Gasteiger partial charge >= 0.3 is 11.6 Å². The number of carbonyl (C=O) groups is 2. The standard InChI is InChI=1S/C18H19N7O5/c1-11(24-10-15(25(28)29)18(22-24)30-3)16(26)19-12-5-4-6-13(9-12)20-17(27)14-7-8-23(2)21-14/h4-11H,1-3H3,(H,19,26)(H,20,27). The first-order chi connectivity index (χ1) is 14.3. The zero-order valence-electron chi connectivity index (χ0n) is 16.4. The van der Waals surface area contributed by atoms with Crippen LogP contribution in [0.1, 0.15) is 23.5 Å². The highest BCUT2D eigenvalue weighted by molar-refractivity contribution is 6.03. The summed E-state index contributed by atoms with van der Waals surface area (Å²) in [5.41, 5.74) is 0.818. The summed E-state index contributed by atoms with van der Waals surface area (Å²) < 4.78 is 7.54. The van der Waals surface area contributed by atoms with E-state index in [4.69, 9.17) is 4.74 Å². The summed E-state index contributed by atoms with van der Waals surface area (Å²) in [6, 6.07) is 7.29. The molecule has 2 amide bonds. The van der Waals surface area contributed by atoms with E-state index in [0.29, 0.717) is 11.4 Å². The van der Waals surface area contributed by atoms with Gasteiger partial charge in [-0.25, -0.2) is 4.68 Å². The zero-order chi connectivity index (χ0) is 21.8. The molecule has 156 valence electrons. The first-order valence-electron chi connectivity index (χ1n) is 8.78. The van der Waals surface area contributed by atoms with Gasteiger partial charge in [0, 0.05) is 24.6 Å². The molecule has 0 aliphatic rings. The van der Waals surface area contributed by atoms with Crippen LogP contribution in [-0.2, 0) is 11.8 Å². The lowest BCUT2D eigenvalue weighted by molar-refractivity contribution is -0.385. The fourth-order valence-corrected chi connectivity index (χ4v) is 2.61. The molecule has 1 aromatic carbocycles. The van der Waals surface area contributed by atoms with Crippen molar-refractivity contribution < 1.29 is 19.2 Å². The van der Waals surface area contributed by atoms with Crippen molar-refractivity contribution in [1.82, 2.24) is 19.6 Å². The molecule has 0 bridgehead atoms. The van der Waals surface area contributed by atoms with E-state index < -0.39 is 16.9 Å². The lowest BCUT2D eigenvalue weighted by Crippen LogP contribution is -2.24. The molecular formula is C18H19N7O5. The van der Waals surface area contributed by atoms with Crippen molar-refractivity contribution in [3.05, 3.63) is 58.5 Å². The van der Waals surface area contributed by atoms with E-state index in [9.17, 15) is 19.7 Å². The van der Waals surface area contributed by atoms with Gasteiger partial charge in [-0.2, -0.15) is 5.10 Å². The van der Waals surface area contributed by atoms with E-state index in [-0.39, 0.29) is 23.2 Å². The first-order valence-corrected chi connectivity index (χ1v) is 8.78. The molecule has 0 saturated carbocycles. The third-order valence-electron chi connectivity index (χ3n) is 4.18. The van der Waals surface area contributed by atoms with Crippen LogP contribution in [0.2, 0.25) is 0 Å². The maximum absolute atomic E-state index is 12.6. The van der Waals surface area contributed by atoms with E-state index in [0.717, 1.165) is 10.9 Å². The summed E-state index contributed by atoms with van der Waals surface area (Å²) in [5, 5.41) is 24.4. The normalized spacial score (nSPS) is 11.6. The fourth-order valence-electron chi connectivity index (χ4n) is 2.61. The molecule has 0 aliphatic carbocycles. The lowest BCUT2D eigenvalue weighted by atomic mass is 10.2. The lowest BCUT2D eigenvalue weighted by Gasteiger charge is -2.13. The number of nitro groups is 1. The maximum Gasteiger partial charge on any atom is 0.350 e. The Morgan fingerprint density at radius 2 is 1.90 bits per heavy atom. The van der Waals surface area contributed by atoms with E-state index >= 15 is 0 Å². The number of methoxy groups -OCH3 is 1. The van der Waals surface area contributed by atoms with Gasteiger partial charge in [0.25, 0.3) is 5.91 Å². The molecule has 3 rings (SSSR count). The van der Waals surface area contributed by atoms with E-state index in [2.05, 4.69) is 20.8 Å². The maximum atomic E-state index is 12.6. The van der Waals surface area contributed by atoms with E-state index in [1.165, 1.54) is 18.7 Å². The third kappa shape index (κ3) is 4.43. The van der Waals surface area contributed by atoms with Crippen molar-refractivity contribution in [3.63, 3.8) is 0 Å². The molecule has 0 radical (unpaired) electrons. The number of aromatic nitrogens is 4. The van der Waals surface area contributed by atoms with Crippen LogP contribution in [0.5, 0.6) is 5.88 Å². The second-order valence-corrected chi connectivity index (χ2v) is 6.34. The largest absolute Gasteiger partial charge is 0.475 e. The van der Waals surface area contributed by atoms with Crippen molar-refractivity contribution in [2.75, 3.05) is 17.7 Å². The Kier molecular flexibility index (Phi) is 5.76. The number of nitrogens with zero attached hydrogens (tertiary/aromatic N) is 5. The van der Waals surface area contributed by atoms with Gasteiger partial charge < -0.3 is 15.4 Å². The minimum atomic E-state index is -0.848. The molecular weight excluding hydrogens is 394 g/mol. The van der Waals surface area contributed by atoms with Crippen LogP contribution in [0.25, 0.3) is 0 Å². The number of rotatable bonds is 7. The highest BCUT2D eigenvalue weighted by atomic mass is 16.6. The van der Waals surface area contributed by atoms with Gasteiger partial charge in [0.2, 0.25) is 5.91 Å². The third-order valence-corrected chi connectivity index (χ3v) is 4.18. The second kappa shape index (κ2) is 8.43. The molecule has 3 aromatic rings. The smallest absolute Gasteiger partial charge is 0.350 e. The number of hydrogen-bond donors (Lipinski definition) is 2. The van der Waals surface area contributed by atoms with Crippen LogP contribution in [0.3, 0.4) is 0 Å². The van der Waals surface area contributed by atoms with Gasteiger partial charge in [0.1, 0.15) is 12.2 Å². The van der Waals surface area contributed by atoms with Crippen molar-refractivity contribution in [2.45, 2.75) is 13.0 Å². The van der Waals surface area contributed by atoms with Gasteiger partial charge in [-0.1, -0.05) is 6.07 Å². The summed E-state index contributed by atoms with van der Waals surface area (Å²) in [7, 11) is 2.97. The monoisotopic (exact) mass is 413 g/mol. The van der Waals surface area contributed by atoms with Crippen LogP contribution in [-0.4, -0.2) is 43.4 Å². The number of hydrogen-bond acceptors (Lipinski definition) is 7. The summed E-state index contributed by atoms with van der Waals surface area (Å²) in [5.74, 6) is -1.02. The van der Waals surface area contributed by atoms with Crippen LogP contribution in [0.4, 0.5) is 17.1 Å². The number of amides is 2. The van der Waals surface area contributed by atoms with Crippen molar-refractivity contribution in [3.8, 4) is 5.88 Å². The summed E-state index contributed by atoms with van der Waals surface area (Å²) in [6.07, 6.45) is 2.79. The van der Waals surface area contributed by atoms with Gasteiger partial charge in [-0.3, -0.25) is 24.4 Å². The molecule has 2 heterocycles. The Hall–Kier alpha value is -4.22. The highest BCUT2D eigenvalue weighted by Crippen LogP contribution is 2.26. The average Bonchev–Trinajstić information content (AvgIpc) is 3.34.